The van der Waals surface area contributed by atoms with Gasteiger partial charge in [0.15, 0.2) is 0 Å². The predicted molar refractivity (Wildman–Crippen MR) is 220 cm³/mol. The quantitative estimate of drug-likeness (QED) is 0.186. The van der Waals surface area contributed by atoms with Gasteiger partial charge < -0.3 is 0 Å². The lowest BCUT2D eigenvalue weighted by molar-refractivity contribution is 0.572. The van der Waals surface area contributed by atoms with Gasteiger partial charge in [0.2, 0.25) is 17.8 Å². The highest BCUT2D eigenvalue weighted by atomic mass is 15.3. The highest BCUT2D eigenvalue weighted by molar-refractivity contribution is 6.12. The smallest absolute Gasteiger partial charge is 0.241 e. The summed E-state index contributed by atoms with van der Waals surface area (Å²) in [5.41, 5.74) is 8.75. The number of rotatable bonds is 3. The van der Waals surface area contributed by atoms with Gasteiger partial charge in [0.05, 0.1) is 33.1 Å². The van der Waals surface area contributed by atoms with E-state index in [1.807, 2.05) is 0 Å². The summed E-state index contributed by atoms with van der Waals surface area (Å²) in [4.78, 5) is 16.3. The average molecular weight is 689 g/mol. The third-order valence-corrected chi connectivity index (χ3v) is 10.8. The van der Waals surface area contributed by atoms with Crippen LogP contribution in [0, 0.1) is 0 Å². The molecule has 10 rings (SSSR count). The Balaban J connectivity index is 1.40. The molecule has 0 aliphatic carbocycles. The van der Waals surface area contributed by atoms with Crippen LogP contribution in [-0.2, 0) is 10.8 Å². The van der Waals surface area contributed by atoms with E-state index >= 15 is 0 Å². The molecule has 53 heavy (non-hydrogen) atoms. The molecule has 0 radical (unpaired) electrons. The van der Waals surface area contributed by atoms with Crippen LogP contribution in [0.2, 0.25) is 0 Å². The van der Waals surface area contributed by atoms with Gasteiger partial charge >= 0.3 is 0 Å². The predicted octanol–water partition coefficient (Wildman–Crippen LogP) is 11.8. The first-order valence-corrected chi connectivity index (χ1v) is 18.4. The molecule has 10 aromatic rings. The van der Waals surface area contributed by atoms with E-state index in [4.69, 9.17) is 15.0 Å². The zero-order valence-corrected chi connectivity index (χ0v) is 30.9. The number of nitrogens with zero attached hydrogens (tertiary/aromatic N) is 6. The SMILES string of the molecule is CC(C)(C)c1cc(C(C)(C)C)c2c(c1)c1ccccc1n2-c1nc(-n2c3ccccc3c3ccccc32)nc(-n2c3ccccc3c3ccccc32)n1. The van der Waals surface area contributed by atoms with Crippen LogP contribution in [-0.4, -0.2) is 28.7 Å². The molecule has 0 aliphatic heterocycles. The third-order valence-electron chi connectivity index (χ3n) is 10.8. The first-order valence-electron chi connectivity index (χ1n) is 18.4. The molecule has 0 aliphatic rings. The fourth-order valence-corrected chi connectivity index (χ4v) is 8.23. The van der Waals surface area contributed by atoms with E-state index in [2.05, 4.69) is 189 Å². The number of hydrogen-bond donors (Lipinski definition) is 0. The minimum Gasteiger partial charge on any atom is -0.278 e. The maximum Gasteiger partial charge on any atom is 0.241 e. The molecule has 6 heteroatoms. The zero-order valence-electron chi connectivity index (χ0n) is 30.9. The molecule has 0 amide bonds. The number of aromatic nitrogens is 6. The number of para-hydroxylation sites is 5. The summed E-state index contributed by atoms with van der Waals surface area (Å²) in [7, 11) is 0. The Morgan fingerprint density at radius 3 is 1.04 bits per heavy atom. The van der Waals surface area contributed by atoms with Crippen LogP contribution in [0.1, 0.15) is 52.7 Å². The Hall–Kier alpha value is -6.27. The van der Waals surface area contributed by atoms with Gasteiger partial charge in [0.1, 0.15) is 0 Å². The van der Waals surface area contributed by atoms with Crippen molar-refractivity contribution in [2.24, 2.45) is 0 Å². The normalized spacial score (nSPS) is 12.7. The Bertz CT molecular complexity index is 2850. The van der Waals surface area contributed by atoms with Crippen molar-refractivity contribution in [1.29, 1.82) is 0 Å². The molecule has 4 heterocycles. The molecule has 0 N–H and O–H groups in total. The molecular formula is C47H40N6. The van der Waals surface area contributed by atoms with Crippen molar-refractivity contribution in [3.8, 4) is 17.8 Å². The fraction of sp³-hybridized carbons (Fsp3) is 0.170. The van der Waals surface area contributed by atoms with E-state index < -0.39 is 0 Å². The lowest BCUT2D eigenvalue weighted by Gasteiger charge is -2.26. The summed E-state index contributed by atoms with van der Waals surface area (Å²) >= 11 is 0. The molecule has 0 saturated carbocycles. The second kappa shape index (κ2) is 11.1. The van der Waals surface area contributed by atoms with E-state index in [0.717, 1.165) is 54.6 Å². The summed E-state index contributed by atoms with van der Waals surface area (Å²) in [6, 6.07) is 47.5. The molecule has 4 aromatic heterocycles. The van der Waals surface area contributed by atoms with Gasteiger partial charge in [-0.25, -0.2) is 0 Å². The standard InChI is InChI=1S/C47H40N6/c1-46(2,3)29-27-35-34-21-11-16-26-41(34)53(42(35)36(28-29)47(4,5)6)45-49-43(51-37-22-12-7-17-30(37)31-18-8-13-23-38(31)51)48-44(50-45)52-39-24-14-9-19-32(39)33-20-10-15-25-40(33)52/h7-28H,1-6H3. The first kappa shape index (κ1) is 31.5. The molecule has 258 valence electrons. The molecule has 6 aromatic carbocycles. The summed E-state index contributed by atoms with van der Waals surface area (Å²) in [5.74, 6) is 1.71. The van der Waals surface area contributed by atoms with Gasteiger partial charge in [0, 0.05) is 32.3 Å². The number of benzene rings is 6. The van der Waals surface area contributed by atoms with Gasteiger partial charge in [-0.05, 0) is 58.4 Å². The molecule has 0 bridgehead atoms. The van der Waals surface area contributed by atoms with Gasteiger partial charge in [-0.1, -0.05) is 139 Å². The van der Waals surface area contributed by atoms with Crippen molar-refractivity contribution >= 4 is 65.4 Å². The molecule has 0 fully saturated rings. The first-order chi connectivity index (χ1) is 25.6. The van der Waals surface area contributed by atoms with Crippen LogP contribution < -0.4 is 0 Å². The van der Waals surface area contributed by atoms with E-state index in [1.165, 1.54) is 21.9 Å². The average Bonchev–Trinajstić information content (AvgIpc) is 3.79. The second-order valence-electron chi connectivity index (χ2n) is 16.2. The molecule has 0 unspecified atom stereocenters. The zero-order chi connectivity index (χ0) is 36.2. The van der Waals surface area contributed by atoms with Crippen LogP contribution in [0.15, 0.2) is 133 Å². The van der Waals surface area contributed by atoms with Gasteiger partial charge in [-0.3, -0.25) is 13.7 Å². The topological polar surface area (TPSA) is 53.5 Å². The Morgan fingerprint density at radius 1 is 0.358 bits per heavy atom. The Kier molecular flexibility index (Phi) is 6.60. The fourth-order valence-electron chi connectivity index (χ4n) is 8.23. The van der Waals surface area contributed by atoms with Crippen molar-refractivity contribution in [3.05, 3.63) is 145 Å². The molecular weight excluding hydrogens is 649 g/mol. The van der Waals surface area contributed by atoms with Gasteiger partial charge in [0.25, 0.3) is 0 Å². The van der Waals surface area contributed by atoms with E-state index in [9.17, 15) is 0 Å². The van der Waals surface area contributed by atoms with Crippen molar-refractivity contribution in [2.45, 2.75) is 52.4 Å². The molecule has 0 atom stereocenters. The van der Waals surface area contributed by atoms with Gasteiger partial charge in [-0.15, -0.1) is 0 Å². The summed E-state index contributed by atoms with van der Waals surface area (Å²) in [6.07, 6.45) is 0. The third kappa shape index (κ3) is 4.68. The largest absolute Gasteiger partial charge is 0.278 e. The van der Waals surface area contributed by atoms with Crippen molar-refractivity contribution in [2.75, 3.05) is 0 Å². The summed E-state index contributed by atoms with van der Waals surface area (Å²) in [5, 5.41) is 7.01. The van der Waals surface area contributed by atoms with Crippen LogP contribution >= 0.6 is 0 Å². The lowest BCUT2D eigenvalue weighted by atomic mass is 9.79. The van der Waals surface area contributed by atoms with E-state index in [-0.39, 0.29) is 10.8 Å². The maximum atomic E-state index is 5.47. The van der Waals surface area contributed by atoms with Crippen LogP contribution in [0.5, 0.6) is 0 Å². The number of fused-ring (bicyclic) bond motifs is 9. The van der Waals surface area contributed by atoms with Crippen LogP contribution in [0.3, 0.4) is 0 Å². The Morgan fingerprint density at radius 2 is 0.679 bits per heavy atom. The van der Waals surface area contributed by atoms with Crippen molar-refractivity contribution in [1.82, 2.24) is 28.7 Å². The van der Waals surface area contributed by atoms with Crippen LogP contribution in [0.4, 0.5) is 0 Å². The maximum absolute atomic E-state index is 5.47. The highest BCUT2D eigenvalue weighted by Gasteiger charge is 2.28. The molecule has 0 saturated heterocycles. The Labute approximate surface area is 308 Å². The van der Waals surface area contributed by atoms with Crippen molar-refractivity contribution in [3.63, 3.8) is 0 Å². The van der Waals surface area contributed by atoms with Crippen molar-refractivity contribution < 1.29 is 0 Å². The van der Waals surface area contributed by atoms with E-state index in [0.29, 0.717) is 17.8 Å². The number of hydrogen-bond acceptors (Lipinski definition) is 3. The highest BCUT2D eigenvalue weighted by Crippen LogP contribution is 2.42. The lowest BCUT2D eigenvalue weighted by Crippen LogP contribution is -2.18. The van der Waals surface area contributed by atoms with E-state index in [1.54, 1.807) is 0 Å². The molecule has 6 nitrogen and oxygen atoms in total. The summed E-state index contributed by atoms with van der Waals surface area (Å²) < 4.78 is 6.68. The minimum absolute atomic E-state index is 0.0298. The molecule has 0 spiro atoms. The van der Waals surface area contributed by atoms with Gasteiger partial charge in [-0.2, -0.15) is 15.0 Å². The van der Waals surface area contributed by atoms with Crippen LogP contribution in [0.25, 0.3) is 83.3 Å². The summed E-state index contributed by atoms with van der Waals surface area (Å²) in [6.45, 7) is 13.8. The second-order valence-corrected chi connectivity index (χ2v) is 16.2. The minimum atomic E-state index is -0.163. The monoisotopic (exact) mass is 688 g/mol.